The molecule has 0 aliphatic heterocycles. The number of rotatable bonds is 4. The molecule has 0 bridgehead atoms. The molecule has 0 aliphatic carbocycles. The van der Waals surface area contributed by atoms with Gasteiger partial charge in [-0.25, -0.2) is 8.78 Å². The summed E-state index contributed by atoms with van der Waals surface area (Å²) in [6, 6.07) is 9.03. The molecule has 0 fully saturated rings. The molecule has 0 saturated heterocycles. The van der Waals surface area contributed by atoms with Gasteiger partial charge in [0, 0.05) is 11.1 Å². The van der Waals surface area contributed by atoms with Gasteiger partial charge in [-0.1, -0.05) is 17.7 Å². The Morgan fingerprint density at radius 3 is 2.60 bits per heavy atom. The van der Waals surface area contributed by atoms with E-state index in [1.54, 1.807) is 25.2 Å². The highest BCUT2D eigenvalue weighted by Crippen LogP contribution is 2.26. The lowest BCUT2D eigenvalue weighted by molar-refractivity contribution is 0.578. The van der Waals surface area contributed by atoms with E-state index in [0.717, 1.165) is 5.56 Å². The summed E-state index contributed by atoms with van der Waals surface area (Å²) in [5, 5.41) is 3.66. The summed E-state index contributed by atoms with van der Waals surface area (Å²) in [4.78, 5) is 0. The van der Waals surface area contributed by atoms with E-state index in [2.05, 4.69) is 21.2 Å². The topological polar surface area (TPSA) is 12.0 Å². The van der Waals surface area contributed by atoms with Crippen molar-refractivity contribution >= 4 is 27.5 Å². The highest BCUT2D eigenvalue weighted by Gasteiger charge is 2.14. The summed E-state index contributed by atoms with van der Waals surface area (Å²) in [6.07, 6.45) is 0.519. The van der Waals surface area contributed by atoms with Crippen LogP contribution < -0.4 is 5.32 Å². The van der Waals surface area contributed by atoms with Crippen LogP contribution in [0.5, 0.6) is 0 Å². The summed E-state index contributed by atoms with van der Waals surface area (Å²) in [7, 11) is 1.80. The first-order chi connectivity index (χ1) is 9.51. The molecule has 2 aromatic rings. The van der Waals surface area contributed by atoms with E-state index in [4.69, 9.17) is 11.6 Å². The second kappa shape index (κ2) is 6.66. The van der Waals surface area contributed by atoms with Gasteiger partial charge in [0.1, 0.15) is 11.6 Å². The smallest absolute Gasteiger partial charge is 0.137 e. The van der Waals surface area contributed by atoms with Crippen LogP contribution in [0.25, 0.3) is 0 Å². The van der Waals surface area contributed by atoms with Crippen LogP contribution in [0.15, 0.2) is 40.9 Å². The van der Waals surface area contributed by atoms with Crippen LogP contribution in [0.1, 0.15) is 17.2 Å². The standard InChI is InChI=1S/C15H13BrClF2N/c1-20-15(9-2-5-14(19)12(16)7-9)8-10-6-11(18)3-4-13(10)17/h2-7,15,20H,8H2,1H3. The SMILES string of the molecule is CNC(Cc1cc(F)ccc1Cl)c1ccc(F)c(Br)c1. The number of halogens is 4. The maximum Gasteiger partial charge on any atom is 0.137 e. The van der Waals surface area contributed by atoms with Crippen molar-refractivity contribution in [2.75, 3.05) is 7.05 Å². The molecule has 0 radical (unpaired) electrons. The molecule has 106 valence electrons. The monoisotopic (exact) mass is 359 g/mol. The zero-order valence-corrected chi connectivity index (χ0v) is 13.1. The second-order valence-electron chi connectivity index (χ2n) is 4.45. The lowest BCUT2D eigenvalue weighted by Crippen LogP contribution is -2.19. The minimum atomic E-state index is -0.320. The summed E-state index contributed by atoms with van der Waals surface area (Å²) in [5.74, 6) is -0.632. The van der Waals surface area contributed by atoms with E-state index in [1.807, 2.05) is 0 Å². The first kappa shape index (κ1) is 15.4. The minimum absolute atomic E-state index is 0.0776. The first-order valence-electron chi connectivity index (χ1n) is 6.07. The fourth-order valence-electron chi connectivity index (χ4n) is 2.04. The van der Waals surface area contributed by atoms with Gasteiger partial charge < -0.3 is 5.32 Å². The second-order valence-corrected chi connectivity index (χ2v) is 5.72. The van der Waals surface area contributed by atoms with Crippen LogP contribution in [0.3, 0.4) is 0 Å². The molecule has 20 heavy (non-hydrogen) atoms. The normalized spacial score (nSPS) is 12.4. The summed E-state index contributed by atoms with van der Waals surface area (Å²) < 4.78 is 27.0. The summed E-state index contributed by atoms with van der Waals surface area (Å²) >= 11 is 9.24. The Balaban J connectivity index is 2.28. The Labute approximate surface area is 130 Å². The van der Waals surface area contributed by atoms with Gasteiger partial charge in [0.25, 0.3) is 0 Å². The first-order valence-corrected chi connectivity index (χ1v) is 7.24. The molecule has 0 spiro atoms. The summed E-state index contributed by atoms with van der Waals surface area (Å²) in [6.45, 7) is 0. The van der Waals surface area contributed by atoms with E-state index in [0.29, 0.717) is 21.5 Å². The number of benzene rings is 2. The van der Waals surface area contributed by atoms with Crippen LogP contribution in [-0.2, 0) is 6.42 Å². The molecule has 1 nitrogen and oxygen atoms in total. The van der Waals surface area contributed by atoms with Crippen LogP contribution in [0.2, 0.25) is 5.02 Å². The van der Waals surface area contributed by atoms with Crippen molar-refractivity contribution in [3.8, 4) is 0 Å². The molecular formula is C15H13BrClF2N. The third-order valence-electron chi connectivity index (χ3n) is 3.13. The zero-order valence-electron chi connectivity index (χ0n) is 10.8. The Kier molecular flexibility index (Phi) is 5.13. The lowest BCUT2D eigenvalue weighted by Gasteiger charge is -2.18. The van der Waals surface area contributed by atoms with Crippen molar-refractivity contribution < 1.29 is 8.78 Å². The molecular weight excluding hydrogens is 348 g/mol. The zero-order chi connectivity index (χ0) is 14.7. The van der Waals surface area contributed by atoms with Gasteiger partial charge in [-0.3, -0.25) is 0 Å². The molecule has 0 aliphatic rings. The predicted molar refractivity (Wildman–Crippen MR) is 81.0 cm³/mol. The largest absolute Gasteiger partial charge is 0.313 e. The van der Waals surface area contributed by atoms with Crippen molar-refractivity contribution in [1.29, 1.82) is 0 Å². The van der Waals surface area contributed by atoms with Crippen molar-refractivity contribution in [3.05, 3.63) is 68.7 Å². The van der Waals surface area contributed by atoms with Gasteiger partial charge in [0.2, 0.25) is 0 Å². The quantitative estimate of drug-likeness (QED) is 0.819. The minimum Gasteiger partial charge on any atom is -0.313 e. The van der Waals surface area contributed by atoms with Gasteiger partial charge in [-0.05, 0) is 70.9 Å². The van der Waals surface area contributed by atoms with Crippen LogP contribution in [0, 0.1) is 11.6 Å². The van der Waals surface area contributed by atoms with Gasteiger partial charge in [0.05, 0.1) is 4.47 Å². The molecule has 0 heterocycles. The van der Waals surface area contributed by atoms with Crippen LogP contribution in [-0.4, -0.2) is 7.05 Å². The van der Waals surface area contributed by atoms with Crippen molar-refractivity contribution in [2.24, 2.45) is 0 Å². The number of hydrogen-bond donors (Lipinski definition) is 1. The van der Waals surface area contributed by atoms with E-state index in [9.17, 15) is 8.78 Å². The Morgan fingerprint density at radius 1 is 1.20 bits per heavy atom. The van der Waals surface area contributed by atoms with E-state index < -0.39 is 0 Å². The third-order valence-corrected chi connectivity index (χ3v) is 4.10. The van der Waals surface area contributed by atoms with E-state index >= 15 is 0 Å². The highest BCUT2D eigenvalue weighted by atomic mass is 79.9. The highest BCUT2D eigenvalue weighted by molar-refractivity contribution is 9.10. The number of likely N-dealkylation sites (N-methyl/N-ethyl adjacent to an activating group) is 1. The van der Waals surface area contributed by atoms with Crippen LogP contribution in [0.4, 0.5) is 8.78 Å². The van der Waals surface area contributed by atoms with Crippen molar-refractivity contribution in [1.82, 2.24) is 5.32 Å². The van der Waals surface area contributed by atoms with Gasteiger partial charge in [-0.2, -0.15) is 0 Å². The van der Waals surface area contributed by atoms with E-state index in [1.165, 1.54) is 18.2 Å². The summed E-state index contributed by atoms with van der Waals surface area (Å²) in [5.41, 5.74) is 1.62. The fraction of sp³-hybridized carbons (Fsp3) is 0.200. The molecule has 1 unspecified atom stereocenters. The van der Waals surface area contributed by atoms with Gasteiger partial charge >= 0.3 is 0 Å². The molecule has 0 amide bonds. The molecule has 1 atom stereocenters. The fourth-order valence-corrected chi connectivity index (χ4v) is 2.63. The van der Waals surface area contributed by atoms with Gasteiger partial charge in [-0.15, -0.1) is 0 Å². The molecule has 1 N–H and O–H groups in total. The average Bonchev–Trinajstić information content (AvgIpc) is 2.43. The van der Waals surface area contributed by atoms with Crippen molar-refractivity contribution in [2.45, 2.75) is 12.5 Å². The molecule has 2 aromatic carbocycles. The Morgan fingerprint density at radius 2 is 1.95 bits per heavy atom. The maximum atomic E-state index is 13.3. The lowest BCUT2D eigenvalue weighted by atomic mass is 9.99. The molecule has 5 heteroatoms. The van der Waals surface area contributed by atoms with Crippen LogP contribution >= 0.6 is 27.5 Å². The molecule has 0 saturated carbocycles. The van der Waals surface area contributed by atoms with E-state index in [-0.39, 0.29) is 17.7 Å². The number of nitrogens with one attached hydrogen (secondary N) is 1. The van der Waals surface area contributed by atoms with Gasteiger partial charge in [0.15, 0.2) is 0 Å². The Hall–Kier alpha value is -0.970. The predicted octanol–water partition coefficient (Wildman–Crippen LogP) is 4.88. The molecule has 0 aromatic heterocycles. The molecule has 2 rings (SSSR count). The Bertz CT molecular complexity index is 619. The average molecular weight is 361 g/mol. The number of hydrogen-bond acceptors (Lipinski definition) is 1. The maximum absolute atomic E-state index is 13.3. The third kappa shape index (κ3) is 3.57. The van der Waals surface area contributed by atoms with Crippen molar-refractivity contribution in [3.63, 3.8) is 0 Å².